The molecule has 78 valence electrons. The van der Waals surface area contributed by atoms with Crippen LogP contribution in [0.1, 0.15) is 5.56 Å². The normalized spacial score (nSPS) is 10.8. The van der Waals surface area contributed by atoms with Crippen molar-refractivity contribution >= 4 is 16.5 Å². The summed E-state index contributed by atoms with van der Waals surface area (Å²) in [7, 11) is 0. The predicted octanol–water partition coefficient (Wildman–Crippen LogP) is 3.89. The van der Waals surface area contributed by atoms with Crippen LogP contribution in [0.4, 0.5) is 5.69 Å². The topological polar surface area (TPSA) is 12.0 Å². The van der Waals surface area contributed by atoms with Crippen molar-refractivity contribution in [3.05, 3.63) is 66.2 Å². The molecule has 0 amide bonds. The van der Waals surface area contributed by atoms with Gasteiger partial charge in [0.2, 0.25) is 0 Å². The number of benzene rings is 4. The second-order valence-corrected chi connectivity index (χ2v) is 4.01. The Morgan fingerprint density at radius 1 is 0.812 bits per heavy atom. The first kappa shape index (κ1) is 9.22. The van der Waals surface area contributed by atoms with Gasteiger partial charge in [-0.25, -0.2) is 0 Å². The zero-order chi connectivity index (χ0) is 10.8. The van der Waals surface area contributed by atoms with E-state index in [0.29, 0.717) is 0 Å². The molecule has 0 aliphatic rings. The standard InChI is InChI=1S/C15H13N/c1-2-4-15(5-3-1)16-11-14-10-12-6-8-13(14)9-7-12/h1-10,16H,11H2. The molecule has 4 rings (SSSR count). The first-order valence-corrected chi connectivity index (χ1v) is 5.52. The van der Waals surface area contributed by atoms with Crippen LogP contribution in [0.3, 0.4) is 0 Å². The summed E-state index contributed by atoms with van der Waals surface area (Å²) in [6.07, 6.45) is 0. The van der Waals surface area contributed by atoms with Gasteiger partial charge in [0, 0.05) is 12.2 Å². The summed E-state index contributed by atoms with van der Waals surface area (Å²) in [6, 6.07) is 21.2. The van der Waals surface area contributed by atoms with Crippen molar-refractivity contribution in [1.29, 1.82) is 0 Å². The van der Waals surface area contributed by atoms with E-state index in [-0.39, 0.29) is 0 Å². The molecular formula is C15H13N. The summed E-state index contributed by atoms with van der Waals surface area (Å²) in [4.78, 5) is 0. The minimum Gasteiger partial charge on any atom is -0.381 e. The largest absolute Gasteiger partial charge is 0.381 e. The van der Waals surface area contributed by atoms with Crippen LogP contribution >= 0.6 is 0 Å². The maximum Gasteiger partial charge on any atom is 0.0406 e. The number of anilines is 1. The Morgan fingerprint density at radius 3 is 2.19 bits per heavy atom. The fourth-order valence-corrected chi connectivity index (χ4v) is 1.98. The maximum atomic E-state index is 3.43. The molecular weight excluding hydrogens is 194 g/mol. The van der Waals surface area contributed by atoms with Gasteiger partial charge in [-0.2, -0.15) is 0 Å². The third-order valence-corrected chi connectivity index (χ3v) is 2.88. The van der Waals surface area contributed by atoms with Gasteiger partial charge in [-0.3, -0.25) is 0 Å². The van der Waals surface area contributed by atoms with Gasteiger partial charge in [-0.15, -0.1) is 0 Å². The zero-order valence-electron chi connectivity index (χ0n) is 8.98. The Bertz CT molecular complexity index is 551. The van der Waals surface area contributed by atoms with E-state index in [1.807, 2.05) is 18.2 Å². The number of hydrogen-bond acceptors (Lipinski definition) is 1. The quantitative estimate of drug-likeness (QED) is 0.687. The maximum absolute atomic E-state index is 3.43. The van der Waals surface area contributed by atoms with E-state index >= 15 is 0 Å². The number of nitrogens with one attached hydrogen (secondary N) is 1. The van der Waals surface area contributed by atoms with Crippen molar-refractivity contribution in [2.75, 3.05) is 5.32 Å². The Balaban J connectivity index is 1.79. The molecule has 0 heterocycles. The van der Waals surface area contributed by atoms with Crippen LogP contribution in [0.5, 0.6) is 0 Å². The van der Waals surface area contributed by atoms with E-state index in [1.54, 1.807) is 0 Å². The van der Waals surface area contributed by atoms with E-state index in [9.17, 15) is 0 Å². The van der Waals surface area contributed by atoms with Crippen LogP contribution in [0, 0.1) is 0 Å². The number of fused-ring (bicyclic) bond motifs is 3. The third-order valence-electron chi connectivity index (χ3n) is 2.88. The Labute approximate surface area is 95.1 Å². The van der Waals surface area contributed by atoms with Gasteiger partial charge < -0.3 is 5.32 Å². The molecule has 0 aliphatic heterocycles. The highest BCUT2D eigenvalue weighted by Crippen LogP contribution is 2.19. The molecule has 1 nitrogen and oxygen atoms in total. The lowest BCUT2D eigenvalue weighted by atomic mass is 10.0. The van der Waals surface area contributed by atoms with Crippen molar-refractivity contribution in [3.8, 4) is 0 Å². The van der Waals surface area contributed by atoms with Gasteiger partial charge in [0.25, 0.3) is 0 Å². The number of hydrogen-bond donors (Lipinski definition) is 1. The third kappa shape index (κ3) is 1.72. The van der Waals surface area contributed by atoms with Crippen LogP contribution < -0.4 is 5.32 Å². The molecule has 4 aromatic rings. The summed E-state index contributed by atoms with van der Waals surface area (Å²) in [5.41, 5.74) is 2.53. The van der Waals surface area contributed by atoms with E-state index < -0.39 is 0 Å². The molecule has 0 fully saturated rings. The van der Waals surface area contributed by atoms with Crippen molar-refractivity contribution < 1.29 is 0 Å². The van der Waals surface area contributed by atoms with E-state index in [0.717, 1.165) is 6.54 Å². The zero-order valence-corrected chi connectivity index (χ0v) is 8.98. The molecule has 0 aromatic heterocycles. The second-order valence-electron chi connectivity index (χ2n) is 4.01. The molecule has 0 saturated heterocycles. The first-order chi connectivity index (χ1) is 7.92. The van der Waals surface area contributed by atoms with Crippen LogP contribution in [-0.4, -0.2) is 0 Å². The van der Waals surface area contributed by atoms with Gasteiger partial charge in [-0.05, 0) is 34.5 Å². The van der Waals surface area contributed by atoms with Gasteiger partial charge in [-0.1, -0.05) is 42.5 Å². The predicted molar refractivity (Wildman–Crippen MR) is 68.9 cm³/mol. The minimum atomic E-state index is 0.886. The molecule has 0 spiro atoms. The number of para-hydroxylation sites is 1. The van der Waals surface area contributed by atoms with Crippen LogP contribution in [-0.2, 0) is 6.54 Å². The van der Waals surface area contributed by atoms with Crippen molar-refractivity contribution in [1.82, 2.24) is 0 Å². The summed E-state index contributed by atoms with van der Waals surface area (Å²) < 4.78 is 0. The van der Waals surface area contributed by atoms with E-state index in [2.05, 4.69) is 47.8 Å². The fourth-order valence-electron chi connectivity index (χ4n) is 1.98. The highest BCUT2D eigenvalue weighted by molar-refractivity contribution is 5.73. The Kier molecular flexibility index (Phi) is 2.22. The molecule has 2 bridgehead atoms. The van der Waals surface area contributed by atoms with E-state index in [4.69, 9.17) is 0 Å². The molecule has 16 heavy (non-hydrogen) atoms. The summed E-state index contributed by atoms with van der Waals surface area (Å²) in [5.74, 6) is 0. The smallest absolute Gasteiger partial charge is 0.0406 e. The minimum absolute atomic E-state index is 0.886. The fraction of sp³-hybridized carbons (Fsp3) is 0.0667. The monoisotopic (exact) mass is 207 g/mol. The summed E-state index contributed by atoms with van der Waals surface area (Å²) in [5, 5.41) is 6.04. The molecule has 0 radical (unpaired) electrons. The lowest BCUT2D eigenvalue weighted by Gasteiger charge is -2.10. The lowest BCUT2D eigenvalue weighted by molar-refractivity contribution is 1.17. The van der Waals surface area contributed by atoms with Crippen molar-refractivity contribution in [2.45, 2.75) is 6.54 Å². The molecule has 4 aromatic carbocycles. The van der Waals surface area contributed by atoms with Crippen molar-refractivity contribution in [2.24, 2.45) is 0 Å². The summed E-state index contributed by atoms with van der Waals surface area (Å²) >= 11 is 0. The highest BCUT2D eigenvalue weighted by atomic mass is 14.9. The molecule has 0 unspecified atom stereocenters. The average Bonchev–Trinajstić information content (AvgIpc) is 2.39. The van der Waals surface area contributed by atoms with Gasteiger partial charge in [0.15, 0.2) is 0 Å². The Morgan fingerprint density at radius 2 is 1.56 bits per heavy atom. The van der Waals surface area contributed by atoms with E-state index in [1.165, 1.54) is 22.0 Å². The second kappa shape index (κ2) is 3.86. The Hall–Kier alpha value is -2.02. The van der Waals surface area contributed by atoms with Crippen molar-refractivity contribution in [3.63, 3.8) is 0 Å². The molecule has 0 saturated carbocycles. The molecule has 1 heteroatoms. The molecule has 0 aliphatic carbocycles. The first-order valence-electron chi connectivity index (χ1n) is 5.52. The highest BCUT2D eigenvalue weighted by Gasteiger charge is 2.00. The molecule has 1 N–H and O–H groups in total. The van der Waals surface area contributed by atoms with Crippen LogP contribution in [0.25, 0.3) is 10.8 Å². The number of rotatable bonds is 3. The van der Waals surface area contributed by atoms with Gasteiger partial charge >= 0.3 is 0 Å². The van der Waals surface area contributed by atoms with Gasteiger partial charge in [0.05, 0.1) is 0 Å². The SMILES string of the molecule is c1ccc(NCc2cc3ccc2cc3)cc1. The lowest BCUT2D eigenvalue weighted by Crippen LogP contribution is -2.00. The average molecular weight is 207 g/mol. The molecule has 0 atom stereocenters. The van der Waals surface area contributed by atoms with Crippen LogP contribution in [0.15, 0.2) is 60.7 Å². The van der Waals surface area contributed by atoms with Crippen LogP contribution in [0.2, 0.25) is 0 Å². The van der Waals surface area contributed by atoms with Gasteiger partial charge in [0.1, 0.15) is 0 Å². The summed E-state index contributed by atoms with van der Waals surface area (Å²) in [6.45, 7) is 0.886.